The highest BCUT2D eigenvalue weighted by atomic mass is 16.5. The summed E-state index contributed by atoms with van der Waals surface area (Å²) in [4.78, 5) is 13.6. The number of carbonyl (C=O) groups is 1. The second-order valence-electron chi connectivity index (χ2n) is 4.17. The van der Waals surface area contributed by atoms with Gasteiger partial charge in [0.25, 0.3) is 0 Å². The van der Waals surface area contributed by atoms with Gasteiger partial charge < -0.3 is 9.64 Å². The van der Waals surface area contributed by atoms with Crippen LogP contribution in [0.15, 0.2) is 0 Å². The minimum Gasteiger partial charge on any atom is -0.381 e. The van der Waals surface area contributed by atoms with E-state index in [0.29, 0.717) is 12.5 Å². The molecule has 0 saturated carbocycles. The number of hydrogen-bond acceptors (Lipinski definition) is 2. The van der Waals surface area contributed by atoms with Gasteiger partial charge in [-0.15, -0.1) is 0 Å². The lowest BCUT2D eigenvalue weighted by Gasteiger charge is -2.21. The maximum absolute atomic E-state index is 11.7. The minimum atomic E-state index is 0.115. The lowest BCUT2D eigenvalue weighted by molar-refractivity contribution is -0.134. The van der Waals surface area contributed by atoms with Crippen LogP contribution < -0.4 is 0 Å². The molecule has 76 valence electrons. The van der Waals surface area contributed by atoms with Gasteiger partial charge in [0, 0.05) is 20.2 Å². The van der Waals surface area contributed by atoms with Crippen molar-refractivity contribution in [3.63, 3.8) is 0 Å². The zero-order valence-corrected chi connectivity index (χ0v) is 8.75. The molecule has 0 spiro atoms. The molecule has 0 N–H and O–H groups in total. The first-order valence-electron chi connectivity index (χ1n) is 4.94. The third-order valence-corrected chi connectivity index (χ3v) is 2.29. The SMILES string of the molecule is CC(C)CN(C)C(=O)[C@H]1CCOC1. The van der Waals surface area contributed by atoms with Gasteiger partial charge >= 0.3 is 0 Å². The molecule has 0 radical (unpaired) electrons. The monoisotopic (exact) mass is 185 g/mol. The Bertz CT molecular complexity index is 174. The summed E-state index contributed by atoms with van der Waals surface area (Å²) in [6.45, 7) is 6.44. The Morgan fingerprint density at radius 1 is 1.62 bits per heavy atom. The molecule has 0 aromatic heterocycles. The average Bonchev–Trinajstić information content (AvgIpc) is 2.53. The van der Waals surface area contributed by atoms with E-state index in [1.54, 1.807) is 0 Å². The predicted octanol–water partition coefficient (Wildman–Crippen LogP) is 1.14. The molecule has 1 heterocycles. The number of nitrogens with zero attached hydrogens (tertiary/aromatic N) is 1. The first kappa shape index (κ1) is 10.5. The molecule has 1 aliphatic rings. The third kappa shape index (κ3) is 2.99. The molecule has 3 heteroatoms. The highest BCUT2D eigenvalue weighted by Crippen LogP contribution is 2.15. The van der Waals surface area contributed by atoms with E-state index in [-0.39, 0.29) is 11.8 Å². The summed E-state index contributed by atoms with van der Waals surface area (Å²) in [6, 6.07) is 0. The van der Waals surface area contributed by atoms with E-state index in [1.165, 1.54) is 0 Å². The minimum absolute atomic E-state index is 0.115. The Morgan fingerprint density at radius 2 is 2.31 bits per heavy atom. The molecule has 1 amide bonds. The summed E-state index contributed by atoms with van der Waals surface area (Å²) >= 11 is 0. The predicted molar refractivity (Wildman–Crippen MR) is 51.4 cm³/mol. The fraction of sp³-hybridized carbons (Fsp3) is 0.900. The fourth-order valence-electron chi connectivity index (χ4n) is 1.68. The highest BCUT2D eigenvalue weighted by Gasteiger charge is 2.26. The van der Waals surface area contributed by atoms with Crippen LogP contribution in [0.3, 0.4) is 0 Å². The normalized spacial score (nSPS) is 22.3. The van der Waals surface area contributed by atoms with Crippen LogP contribution in [0, 0.1) is 11.8 Å². The van der Waals surface area contributed by atoms with Crippen molar-refractivity contribution in [1.82, 2.24) is 4.90 Å². The molecule has 0 aromatic carbocycles. The maximum Gasteiger partial charge on any atom is 0.227 e. The zero-order chi connectivity index (χ0) is 9.84. The summed E-state index contributed by atoms with van der Waals surface area (Å²) in [5, 5.41) is 0. The van der Waals surface area contributed by atoms with E-state index in [1.807, 2.05) is 11.9 Å². The van der Waals surface area contributed by atoms with E-state index < -0.39 is 0 Å². The van der Waals surface area contributed by atoms with Crippen molar-refractivity contribution in [3.8, 4) is 0 Å². The molecule has 1 rings (SSSR count). The summed E-state index contributed by atoms with van der Waals surface area (Å²) in [5.41, 5.74) is 0. The van der Waals surface area contributed by atoms with Crippen molar-refractivity contribution < 1.29 is 9.53 Å². The number of hydrogen-bond donors (Lipinski definition) is 0. The van der Waals surface area contributed by atoms with Crippen LogP contribution in [-0.4, -0.2) is 37.6 Å². The lowest BCUT2D eigenvalue weighted by Crippen LogP contribution is -2.35. The van der Waals surface area contributed by atoms with Gasteiger partial charge in [-0.2, -0.15) is 0 Å². The van der Waals surface area contributed by atoms with Crippen molar-refractivity contribution >= 4 is 5.91 Å². The Hall–Kier alpha value is -0.570. The fourth-order valence-corrected chi connectivity index (χ4v) is 1.68. The molecule has 0 bridgehead atoms. The highest BCUT2D eigenvalue weighted by molar-refractivity contribution is 5.78. The van der Waals surface area contributed by atoms with Gasteiger partial charge in [0.1, 0.15) is 0 Å². The molecule has 1 aliphatic heterocycles. The van der Waals surface area contributed by atoms with Crippen LogP contribution in [-0.2, 0) is 9.53 Å². The van der Waals surface area contributed by atoms with Crippen LogP contribution in [0.4, 0.5) is 0 Å². The second-order valence-corrected chi connectivity index (χ2v) is 4.17. The largest absolute Gasteiger partial charge is 0.381 e. The Balaban J connectivity index is 2.36. The standard InChI is InChI=1S/C10H19NO2/c1-8(2)6-11(3)10(12)9-4-5-13-7-9/h8-9H,4-7H2,1-3H3/t9-/m0/s1. The van der Waals surface area contributed by atoms with Crippen LogP contribution in [0.5, 0.6) is 0 Å². The zero-order valence-electron chi connectivity index (χ0n) is 8.75. The van der Waals surface area contributed by atoms with Gasteiger partial charge in [0.05, 0.1) is 12.5 Å². The van der Waals surface area contributed by atoms with Crippen molar-refractivity contribution in [1.29, 1.82) is 0 Å². The number of rotatable bonds is 3. The van der Waals surface area contributed by atoms with Crippen molar-refractivity contribution in [2.75, 3.05) is 26.8 Å². The average molecular weight is 185 g/mol. The number of amides is 1. The molecule has 0 unspecified atom stereocenters. The molecule has 1 atom stereocenters. The maximum atomic E-state index is 11.7. The van der Waals surface area contributed by atoms with E-state index in [2.05, 4.69) is 13.8 Å². The first-order valence-corrected chi connectivity index (χ1v) is 4.94. The molecule has 0 aromatic rings. The number of ether oxygens (including phenoxy) is 1. The van der Waals surface area contributed by atoms with Gasteiger partial charge in [0.15, 0.2) is 0 Å². The van der Waals surface area contributed by atoms with E-state index in [9.17, 15) is 4.79 Å². The smallest absolute Gasteiger partial charge is 0.227 e. The van der Waals surface area contributed by atoms with Crippen LogP contribution >= 0.6 is 0 Å². The van der Waals surface area contributed by atoms with E-state index in [0.717, 1.165) is 19.6 Å². The Kier molecular flexibility index (Phi) is 3.72. The molecule has 3 nitrogen and oxygen atoms in total. The summed E-state index contributed by atoms with van der Waals surface area (Å²) < 4.78 is 5.19. The topological polar surface area (TPSA) is 29.5 Å². The van der Waals surface area contributed by atoms with Gasteiger partial charge in [-0.25, -0.2) is 0 Å². The van der Waals surface area contributed by atoms with Crippen LogP contribution in [0.1, 0.15) is 20.3 Å². The van der Waals surface area contributed by atoms with Crippen LogP contribution in [0.25, 0.3) is 0 Å². The quantitative estimate of drug-likeness (QED) is 0.660. The molecular weight excluding hydrogens is 166 g/mol. The molecule has 1 fully saturated rings. The van der Waals surface area contributed by atoms with E-state index in [4.69, 9.17) is 4.74 Å². The van der Waals surface area contributed by atoms with E-state index >= 15 is 0 Å². The summed E-state index contributed by atoms with van der Waals surface area (Å²) in [6.07, 6.45) is 0.890. The second kappa shape index (κ2) is 4.61. The Labute approximate surface area is 80.1 Å². The Morgan fingerprint density at radius 3 is 2.77 bits per heavy atom. The van der Waals surface area contributed by atoms with Gasteiger partial charge in [-0.1, -0.05) is 13.8 Å². The third-order valence-electron chi connectivity index (χ3n) is 2.29. The van der Waals surface area contributed by atoms with Crippen molar-refractivity contribution in [3.05, 3.63) is 0 Å². The van der Waals surface area contributed by atoms with Gasteiger partial charge in [-0.3, -0.25) is 4.79 Å². The van der Waals surface area contributed by atoms with Crippen LogP contribution in [0.2, 0.25) is 0 Å². The summed E-state index contributed by atoms with van der Waals surface area (Å²) in [5.74, 6) is 0.895. The lowest BCUT2D eigenvalue weighted by atomic mass is 10.1. The van der Waals surface area contributed by atoms with Crippen molar-refractivity contribution in [2.24, 2.45) is 11.8 Å². The number of carbonyl (C=O) groups excluding carboxylic acids is 1. The molecule has 13 heavy (non-hydrogen) atoms. The molecule has 0 aliphatic carbocycles. The first-order chi connectivity index (χ1) is 6.11. The van der Waals surface area contributed by atoms with Gasteiger partial charge in [0.2, 0.25) is 5.91 Å². The summed E-state index contributed by atoms with van der Waals surface area (Å²) in [7, 11) is 1.88. The molecular formula is C10H19NO2. The van der Waals surface area contributed by atoms with Crippen molar-refractivity contribution in [2.45, 2.75) is 20.3 Å². The van der Waals surface area contributed by atoms with Gasteiger partial charge in [-0.05, 0) is 12.3 Å². The molecule has 1 saturated heterocycles.